The number of carbonyl (C=O) groups is 3. The minimum Gasteiger partial charge on any atom is -0.493 e. The van der Waals surface area contributed by atoms with Crippen LogP contribution in [0.2, 0.25) is 0 Å². The maximum Gasteiger partial charge on any atom is 0.343 e. The van der Waals surface area contributed by atoms with E-state index < -0.39 is 11.9 Å². The molecule has 0 atom stereocenters. The number of thiocarbonyl (C=S) groups is 1. The second-order valence-electron chi connectivity index (χ2n) is 6.14. The normalized spacial score (nSPS) is 14.8. The van der Waals surface area contributed by atoms with Gasteiger partial charge in [-0.05, 0) is 35.9 Å². The molecule has 0 unspecified atom stereocenters. The number of hydrogen-bond donors (Lipinski definition) is 1. The zero-order chi connectivity index (χ0) is 21.7. The molecule has 0 radical (unpaired) electrons. The second-order valence-corrected chi connectivity index (χ2v) is 7.82. The zero-order valence-electron chi connectivity index (χ0n) is 15.9. The Kier molecular flexibility index (Phi) is 6.86. The van der Waals surface area contributed by atoms with Gasteiger partial charge in [-0.15, -0.1) is 0 Å². The number of nitrogens with zero attached hydrogens (tertiary/aromatic N) is 1. The number of thioether (sulfide) groups is 1. The van der Waals surface area contributed by atoms with Gasteiger partial charge in [0.1, 0.15) is 4.32 Å². The van der Waals surface area contributed by atoms with Crippen LogP contribution in [-0.2, 0) is 9.59 Å². The van der Waals surface area contributed by atoms with Crippen LogP contribution in [0.4, 0.5) is 0 Å². The van der Waals surface area contributed by atoms with E-state index in [-0.39, 0.29) is 24.6 Å². The molecule has 1 aliphatic rings. The van der Waals surface area contributed by atoms with E-state index in [0.717, 1.165) is 11.8 Å². The first kappa shape index (κ1) is 21.5. The predicted molar refractivity (Wildman–Crippen MR) is 117 cm³/mol. The molecule has 1 heterocycles. The number of aliphatic carboxylic acids is 1. The van der Waals surface area contributed by atoms with E-state index in [1.807, 2.05) is 0 Å². The largest absolute Gasteiger partial charge is 0.493 e. The molecule has 0 bridgehead atoms. The number of carbonyl (C=O) groups excluding carboxylic acids is 2. The molecule has 0 spiro atoms. The summed E-state index contributed by atoms with van der Waals surface area (Å²) in [5, 5.41) is 8.81. The summed E-state index contributed by atoms with van der Waals surface area (Å²) in [7, 11) is 1.45. The molecule has 154 valence electrons. The van der Waals surface area contributed by atoms with Crippen LogP contribution < -0.4 is 9.47 Å². The minimum absolute atomic E-state index is 0.0229. The van der Waals surface area contributed by atoms with Gasteiger partial charge in [0.2, 0.25) is 0 Å². The lowest BCUT2D eigenvalue weighted by Crippen LogP contribution is -2.30. The van der Waals surface area contributed by atoms with Gasteiger partial charge in [-0.3, -0.25) is 14.5 Å². The number of carboxylic acids is 1. The second kappa shape index (κ2) is 9.55. The Morgan fingerprint density at radius 2 is 1.90 bits per heavy atom. The fourth-order valence-corrected chi connectivity index (χ4v) is 3.95. The highest BCUT2D eigenvalue weighted by atomic mass is 32.2. The zero-order valence-corrected chi connectivity index (χ0v) is 17.5. The molecule has 30 heavy (non-hydrogen) atoms. The van der Waals surface area contributed by atoms with Crippen molar-refractivity contribution < 1.29 is 29.0 Å². The van der Waals surface area contributed by atoms with E-state index in [4.69, 9.17) is 26.8 Å². The summed E-state index contributed by atoms with van der Waals surface area (Å²) in [6.07, 6.45) is 1.44. The van der Waals surface area contributed by atoms with Crippen LogP contribution in [0.3, 0.4) is 0 Å². The van der Waals surface area contributed by atoms with Crippen molar-refractivity contribution in [2.24, 2.45) is 0 Å². The van der Waals surface area contributed by atoms with E-state index >= 15 is 0 Å². The van der Waals surface area contributed by atoms with Crippen molar-refractivity contribution in [1.82, 2.24) is 4.90 Å². The Morgan fingerprint density at radius 3 is 2.57 bits per heavy atom. The van der Waals surface area contributed by atoms with Gasteiger partial charge in [0, 0.05) is 6.54 Å². The number of hydrogen-bond acceptors (Lipinski definition) is 7. The molecular weight excluding hydrogens is 426 g/mol. The number of ether oxygens (including phenoxy) is 2. The first-order chi connectivity index (χ1) is 14.4. The lowest BCUT2D eigenvalue weighted by atomic mass is 10.1. The van der Waals surface area contributed by atoms with Gasteiger partial charge in [0.05, 0.1) is 24.0 Å². The Morgan fingerprint density at radius 1 is 1.17 bits per heavy atom. The molecular formula is C21H17NO6S2. The summed E-state index contributed by atoms with van der Waals surface area (Å²) in [5.41, 5.74) is 1.05. The van der Waals surface area contributed by atoms with E-state index in [9.17, 15) is 14.4 Å². The number of methoxy groups -OCH3 is 1. The van der Waals surface area contributed by atoms with Crippen LogP contribution in [-0.4, -0.2) is 45.8 Å². The van der Waals surface area contributed by atoms with Gasteiger partial charge in [-0.2, -0.15) is 0 Å². The fraction of sp³-hybridized carbons (Fsp3) is 0.143. The third-order valence-electron chi connectivity index (χ3n) is 4.12. The Hall–Kier alpha value is -3.17. The average molecular weight is 444 g/mol. The lowest BCUT2D eigenvalue weighted by Gasteiger charge is -2.12. The molecule has 0 aromatic heterocycles. The van der Waals surface area contributed by atoms with E-state index in [1.165, 1.54) is 12.0 Å². The van der Waals surface area contributed by atoms with Gasteiger partial charge in [0.15, 0.2) is 11.5 Å². The maximum atomic E-state index is 12.5. The fourth-order valence-electron chi connectivity index (χ4n) is 2.64. The van der Waals surface area contributed by atoms with Gasteiger partial charge in [0.25, 0.3) is 5.91 Å². The van der Waals surface area contributed by atoms with E-state index in [1.54, 1.807) is 54.6 Å². The van der Waals surface area contributed by atoms with Crippen molar-refractivity contribution in [1.29, 1.82) is 0 Å². The molecule has 2 aromatic carbocycles. The number of benzene rings is 2. The Bertz CT molecular complexity index is 1040. The van der Waals surface area contributed by atoms with Crippen LogP contribution in [0.15, 0.2) is 53.4 Å². The Balaban J connectivity index is 1.78. The van der Waals surface area contributed by atoms with Gasteiger partial charge in [-0.1, -0.05) is 48.2 Å². The summed E-state index contributed by atoms with van der Waals surface area (Å²) >= 11 is 6.28. The first-order valence-electron chi connectivity index (χ1n) is 8.81. The standard InChI is InChI=1S/C21H17NO6S2/c1-27-16-11-13(7-8-15(16)28-20(26)14-5-3-2-4-6-14)12-17-19(25)22(21(29)30-17)10-9-18(23)24/h2-8,11-12H,9-10H2,1H3,(H,23,24). The maximum absolute atomic E-state index is 12.5. The number of rotatable bonds is 7. The molecule has 9 heteroatoms. The van der Waals surface area contributed by atoms with Gasteiger partial charge < -0.3 is 14.6 Å². The van der Waals surface area contributed by atoms with Crippen LogP contribution in [0.25, 0.3) is 6.08 Å². The van der Waals surface area contributed by atoms with Gasteiger partial charge >= 0.3 is 11.9 Å². The number of esters is 1. The highest BCUT2D eigenvalue weighted by Crippen LogP contribution is 2.35. The summed E-state index contributed by atoms with van der Waals surface area (Å²) in [6.45, 7) is 0.0229. The van der Waals surface area contributed by atoms with Crippen molar-refractivity contribution in [2.45, 2.75) is 6.42 Å². The Labute approximate surface area is 182 Å². The summed E-state index contributed by atoms with van der Waals surface area (Å²) in [4.78, 5) is 37.2. The molecule has 0 aliphatic carbocycles. The van der Waals surface area contributed by atoms with Crippen LogP contribution in [0, 0.1) is 0 Å². The monoisotopic (exact) mass is 443 g/mol. The molecule has 1 saturated heterocycles. The average Bonchev–Trinajstić information content (AvgIpc) is 3.00. The highest BCUT2D eigenvalue weighted by molar-refractivity contribution is 8.26. The molecule has 2 aromatic rings. The molecule has 1 fully saturated rings. The van der Waals surface area contributed by atoms with Crippen molar-refractivity contribution >= 4 is 52.2 Å². The lowest BCUT2D eigenvalue weighted by molar-refractivity contribution is -0.137. The molecule has 1 N–H and O–H groups in total. The van der Waals surface area contributed by atoms with Crippen molar-refractivity contribution in [3.63, 3.8) is 0 Å². The summed E-state index contributed by atoms with van der Waals surface area (Å²) in [5.74, 6) is -1.28. The third-order valence-corrected chi connectivity index (χ3v) is 5.50. The van der Waals surface area contributed by atoms with Crippen LogP contribution >= 0.6 is 24.0 Å². The molecule has 1 aliphatic heterocycles. The molecule has 7 nitrogen and oxygen atoms in total. The topological polar surface area (TPSA) is 93.1 Å². The van der Waals surface area contributed by atoms with E-state index in [0.29, 0.717) is 26.1 Å². The molecule has 3 rings (SSSR count). The van der Waals surface area contributed by atoms with E-state index in [2.05, 4.69) is 0 Å². The summed E-state index contributed by atoms with van der Waals surface area (Å²) < 4.78 is 11.1. The summed E-state index contributed by atoms with van der Waals surface area (Å²) in [6, 6.07) is 13.5. The quantitative estimate of drug-likeness (QED) is 0.300. The first-order valence-corrected chi connectivity index (χ1v) is 10.0. The van der Waals surface area contributed by atoms with Crippen LogP contribution in [0.5, 0.6) is 11.5 Å². The number of carboxylic acid groups (broad SMARTS) is 1. The highest BCUT2D eigenvalue weighted by Gasteiger charge is 2.32. The van der Waals surface area contributed by atoms with Gasteiger partial charge in [-0.25, -0.2) is 4.79 Å². The van der Waals surface area contributed by atoms with Crippen LogP contribution in [0.1, 0.15) is 22.3 Å². The smallest absolute Gasteiger partial charge is 0.343 e. The minimum atomic E-state index is -1.00. The SMILES string of the molecule is COc1cc(C=C2SC(=S)N(CCC(=O)O)C2=O)ccc1OC(=O)c1ccccc1. The van der Waals surface area contributed by atoms with Crippen molar-refractivity contribution in [2.75, 3.05) is 13.7 Å². The van der Waals surface area contributed by atoms with Crippen molar-refractivity contribution in [3.05, 3.63) is 64.6 Å². The molecule has 0 saturated carbocycles. The van der Waals surface area contributed by atoms with Crippen molar-refractivity contribution in [3.8, 4) is 11.5 Å². The third kappa shape index (κ3) is 5.05. The molecule has 1 amide bonds. The predicted octanol–water partition coefficient (Wildman–Crippen LogP) is 3.59. The number of amides is 1.